The summed E-state index contributed by atoms with van der Waals surface area (Å²) in [5, 5.41) is 5.46. The van der Waals surface area contributed by atoms with E-state index < -0.39 is 0 Å². The Balaban J connectivity index is 1.37. The number of thiazole rings is 1. The molecule has 1 amide bonds. The summed E-state index contributed by atoms with van der Waals surface area (Å²) in [4.78, 5) is 22.4. The second kappa shape index (κ2) is 8.09. The number of hydrogen-bond acceptors (Lipinski definition) is 7. The van der Waals surface area contributed by atoms with E-state index in [1.54, 1.807) is 17.5 Å². The number of hydrogen-bond donors (Lipinski definition) is 2. The van der Waals surface area contributed by atoms with Crippen LogP contribution in [-0.4, -0.2) is 50.2 Å². The van der Waals surface area contributed by atoms with Gasteiger partial charge in [-0.1, -0.05) is 12.1 Å². The quantitative estimate of drug-likeness (QED) is 0.500. The Morgan fingerprint density at radius 2 is 1.97 bits per heavy atom. The number of nitrogens with two attached hydrogens (primary N) is 2. The molecule has 4 heterocycles. The highest BCUT2D eigenvalue weighted by Crippen LogP contribution is 2.35. The molecule has 1 aliphatic heterocycles. The van der Waals surface area contributed by atoms with E-state index >= 15 is 0 Å². The van der Waals surface area contributed by atoms with E-state index in [1.165, 1.54) is 0 Å². The van der Waals surface area contributed by atoms with Crippen molar-refractivity contribution in [2.75, 3.05) is 25.4 Å². The zero-order chi connectivity index (χ0) is 21.4. The number of rotatable bonds is 5. The Morgan fingerprint density at radius 1 is 1.16 bits per heavy atom. The minimum absolute atomic E-state index is 0.278. The third kappa shape index (κ3) is 4.01. The number of likely N-dealkylation sites (tertiary alicyclic amines) is 1. The van der Waals surface area contributed by atoms with Gasteiger partial charge < -0.3 is 11.5 Å². The van der Waals surface area contributed by atoms with Crippen molar-refractivity contribution in [3.8, 4) is 21.7 Å². The molecule has 0 saturated carbocycles. The van der Waals surface area contributed by atoms with Crippen molar-refractivity contribution >= 4 is 33.3 Å². The zero-order valence-corrected chi connectivity index (χ0v) is 17.8. The van der Waals surface area contributed by atoms with Gasteiger partial charge in [0.05, 0.1) is 34.6 Å². The van der Waals surface area contributed by atoms with Crippen molar-refractivity contribution in [1.82, 2.24) is 24.6 Å². The second-order valence-electron chi connectivity index (χ2n) is 7.83. The van der Waals surface area contributed by atoms with Gasteiger partial charge in [-0.15, -0.1) is 11.3 Å². The largest absolute Gasteiger partial charge is 0.383 e. The van der Waals surface area contributed by atoms with Crippen molar-refractivity contribution in [1.29, 1.82) is 0 Å². The molecule has 0 atom stereocenters. The fraction of sp³-hybridized carbons (Fsp3) is 0.273. The molecular formula is C22H23N7OS. The molecule has 4 aromatic rings. The van der Waals surface area contributed by atoms with Crippen LogP contribution >= 0.6 is 11.3 Å². The summed E-state index contributed by atoms with van der Waals surface area (Å²) in [5.74, 6) is 0.191. The first-order chi connectivity index (χ1) is 15.1. The molecule has 5 rings (SSSR count). The van der Waals surface area contributed by atoms with Gasteiger partial charge in [0.1, 0.15) is 10.8 Å². The molecule has 1 saturated heterocycles. The Morgan fingerprint density at radius 3 is 2.74 bits per heavy atom. The number of primary amides is 1. The van der Waals surface area contributed by atoms with Crippen molar-refractivity contribution in [3.63, 3.8) is 0 Å². The smallest absolute Gasteiger partial charge is 0.231 e. The van der Waals surface area contributed by atoms with Crippen LogP contribution in [0, 0.1) is 0 Å². The normalized spacial score (nSPS) is 15.5. The minimum Gasteiger partial charge on any atom is -0.383 e. The summed E-state index contributed by atoms with van der Waals surface area (Å²) >= 11 is 1.61. The van der Waals surface area contributed by atoms with Crippen LogP contribution in [0.25, 0.3) is 31.9 Å². The van der Waals surface area contributed by atoms with Crippen molar-refractivity contribution in [2.45, 2.75) is 18.9 Å². The first kappa shape index (κ1) is 19.7. The molecule has 1 aromatic carbocycles. The number of carbonyl (C=O) groups is 1. The maximum absolute atomic E-state index is 11.1. The van der Waals surface area contributed by atoms with Gasteiger partial charge in [-0.05, 0) is 31.0 Å². The van der Waals surface area contributed by atoms with Crippen molar-refractivity contribution in [3.05, 3.63) is 48.9 Å². The zero-order valence-electron chi connectivity index (χ0n) is 16.9. The number of para-hydroxylation sites is 1. The van der Waals surface area contributed by atoms with Gasteiger partial charge in [-0.3, -0.25) is 14.4 Å². The number of amides is 1. The van der Waals surface area contributed by atoms with Crippen LogP contribution in [0.2, 0.25) is 0 Å². The highest BCUT2D eigenvalue weighted by atomic mass is 32.1. The van der Waals surface area contributed by atoms with Gasteiger partial charge in [-0.2, -0.15) is 5.10 Å². The third-order valence-corrected chi connectivity index (χ3v) is 6.76. The number of nitrogen functional groups attached to an aromatic ring is 1. The van der Waals surface area contributed by atoms with Gasteiger partial charge in [0.2, 0.25) is 5.91 Å². The third-order valence-electron chi connectivity index (χ3n) is 5.69. The lowest BCUT2D eigenvalue weighted by Gasteiger charge is -2.31. The number of carbonyl (C=O) groups excluding carboxylic acids is 1. The first-order valence-corrected chi connectivity index (χ1v) is 11.0. The summed E-state index contributed by atoms with van der Waals surface area (Å²) in [6, 6.07) is 10.4. The summed E-state index contributed by atoms with van der Waals surface area (Å²) < 4.78 is 3.14. The van der Waals surface area contributed by atoms with E-state index in [2.05, 4.69) is 27.2 Å². The molecule has 3 aromatic heterocycles. The fourth-order valence-corrected chi connectivity index (χ4v) is 5.03. The molecular weight excluding hydrogens is 410 g/mol. The molecule has 1 fully saturated rings. The van der Waals surface area contributed by atoms with E-state index in [0.29, 0.717) is 18.4 Å². The minimum atomic E-state index is -0.278. The van der Waals surface area contributed by atoms with Crippen LogP contribution in [0.5, 0.6) is 0 Å². The van der Waals surface area contributed by atoms with Crippen LogP contribution in [0.3, 0.4) is 0 Å². The lowest BCUT2D eigenvalue weighted by Crippen LogP contribution is -2.40. The lowest BCUT2D eigenvalue weighted by atomic mass is 10.1. The van der Waals surface area contributed by atoms with Crippen molar-refractivity contribution in [2.24, 2.45) is 5.73 Å². The number of anilines is 1. The topological polar surface area (TPSA) is 116 Å². The van der Waals surface area contributed by atoms with Crippen LogP contribution in [0.1, 0.15) is 18.9 Å². The van der Waals surface area contributed by atoms with E-state index in [4.69, 9.17) is 16.5 Å². The Bertz CT molecular complexity index is 1210. The van der Waals surface area contributed by atoms with Crippen LogP contribution in [0.4, 0.5) is 5.82 Å². The highest BCUT2D eigenvalue weighted by Gasteiger charge is 2.22. The maximum Gasteiger partial charge on any atom is 0.231 e. The first-order valence-electron chi connectivity index (χ1n) is 10.2. The molecule has 0 spiro atoms. The average Bonchev–Trinajstić information content (AvgIpc) is 3.42. The molecule has 1 aliphatic rings. The van der Waals surface area contributed by atoms with Crippen molar-refractivity contribution < 1.29 is 4.79 Å². The van der Waals surface area contributed by atoms with E-state index in [9.17, 15) is 4.79 Å². The molecule has 4 N–H and O–H groups in total. The molecule has 158 valence electrons. The average molecular weight is 434 g/mol. The molecule has 0 unspecified atom stereocenters. The number of fused-ring (bicyclic) bond motifs is 1. The van der Waals surface area contributed by atoms with Gasteiger partial charge in [-0.25, -0.2) is 9.97 Å². The molecule has 0 radical (unpaired) electrons. The molecule has 9 heteroatoms. The molecule has 8 nitrogen and oxygen atoms in total. The summed E-state index contributed by atoms with van der Waals surface area (Å²) in [7, 11) is 0. The summed E-state index contributed by atoms with van der Waals surface area (Å²) in [6.45, 7) is 2.00. The van der Waals surface area contributed by atoms with Gasteiger partial charge in [0.25, 0.3) is 0 Å². The number of benzene rings is 1. The van der Waals surface area contributed by atoms with Gasteiger partial charge in [0.15, 0.2) is 0 Å². The van der Waals surface area contributed by atoms with E-state index in [-0.39, 0.29) is 5.91 Å². The predicted molar refractivity (Wildman–Crippen MR) is 122 cm³/mol. The molecule has 0 aliphatic carbocycles. The highest BCUT2D eigenvalue weighted by molar-refractivity contribution is 7.21. The van der Waals surface area contributed by atoms with Crippen LogP contribution in [0.15, 0.2) is 48.9 Å². The van der Waals surface area contributed by atoms with Gasteiger partial charge >= 0.3 is 0 Å². The number of pyridine rings is 1. The Hall–Kier alpha value is -3.30. The Kier molecular flexibility index (Phi) is 5.13. The monoisotopic (exact) mass is 433 g/mol. The number of nitrogens with zero attached hydrogens (tertiary/aromatic N) is 5. The van der Waals surface area contributed by atoms with Crippen LogP contribution in [-0.2, 0) is 4.79 Å². The summed E-state index contributed by atoms with van der Waals surface area (Å²) in [6.07, 6.45) is 7.58. The summed E-state index contributed by atoms with van der Waals surface area (Å²) in [5.41, 5.74) is 15.2. The SMILES string of the molecule is NC(=O)CN1CCC(n2cc(-c3cnc(N)c(-c4nc5ccccc5s4)c3)cn2)CC1. The van der Waals surface area contributed by atoms with Crippen LogP contribution < -0.4 is 11.5 Å². The maximum atomic E-state index is 11.1. The standard InChI is InChI=1S/C22H23N7OS/c23-20(30)13-28-7-5-16(6-8-28)29-12-15(11-26-29)14-9-17(21(24)25-10-14)22-27-18-3-1-2-4-19(18)31-22/h1-4,9-12,16H,5-8,13H2,(H2,23,30)(H2,24,25). The lowest BCUT2D eigenvalue weighted by molar-refractivity contribution is -0.119. The van der Waals surface area contributed by atoms with E-state index in [1.807, 2.05) is 35.1 Å². The second-order valence-corrected chi connectivity index (χ2v) is 8.86. The number of piperidine rings is 1. The fourth-order valence-electron chi connectivity index (χ4n) is 4.04. The van der Waals surface area contributed by atoms with Gasteiger partial charge in [0, 0.05) is 36.6 Å². The molecule has 31 heavy (non-hydrogen) atoms. The Labute approximate surface area is 183 Å². The predicted octanol–water partition coefficient (Wildman–Crippen LogP) is 2.93. The molecule has 0 bridgehead atoms. The number of aromatic nitrogens is 4. The van der Waals surface area contributed by atoms with E-state index in [0.717, 1.165) is 57.8 Å².